The molecule has 1 atom stereocenters. The highest BCUT2D eigenvalue weighted by molar-refractivity contribution is 8.02. The second kappa shape index (κ2) is 8.17. The summed E-state index contributed by atoms with van der Waals surface area (Å²) in [6.07, 6.45) is 1.75. The Balaban J connectivity index is 1.78. The van der Waals surface area contributed by atoms with E-state index in [-0.39, 0.29) is 17.4 Å². The Morgan fingerprint density at radius 2 is 2.07 bits per heavy atom. The summed E-state index contributed by atoms with van der Waals surface area (Å²) in [5, 5.41) is 9.75. The van der Waals surface area contributed by atoms with E-state index < -0.39 is 5.97 Å². The van der Waals surface area contributed by atoms with Gasteiger partial charge in [-0.2, -0.15) is 5.26 Å². The number of esters is 1. The number of hydrogen-bond donors (Lipinski definition) is 0. The molecule has 4 nitrogen and oxygen atoms in total. The van der Waals surface area contributed by atoms with Crippen LogP contribution in [0.3, 0.4) is 0 Å². The number of carbonyl (C=O) groups is 1. The zero-order chi connectivity index (χ0) is 19.5. The Labute approximate surface area is 171 Å². The van der Waals surface area contributed by atoms with Crippen LogP contribution in [0.2, 0.25) is 0 Å². The Morgan fingerprint density at radius 1 is 1.29 bits per heavy atom. The van der Waals surface area contributed by atoms with Gasteiger partial charge in [-0.25, -0.2) is 9.78 Å². The molecule has 4 rings (SSSR count). The molecule has 0 amide bonds. The number of aryl methyl sites for hydroxylation is 1. The number of thiazole rings is 1. The predicted octanol–water partition coefficient (Wildman–Crippen LogP) is 5.24. The van der Waals surface area contributed by atoms with E-state index >= 15 is 0 Å². The van der Waals surface area contributed by atoms with E-state index in [4.69, 9.17) is 9.72 Å². The molecule has 3 aromatic rings. The van der Waals surface area contributed by atoms with Crippen LogP contribution < -0.4 is 0 Å². The van der Waals surface area contributed by atoms with Crippen molar-refractivity contribution in [2.75, 3.05) is 6.61 Å². The minimum absolute atomic E-state index is 0.0190. The van der Waals surface area contributed by atoms with Crippen LogP contribution in [0.25, 0.3) is 15.8 Å². The number of benzene rings is 2. The minimum atomic E-state index is -0.549. The maximum Gasteiger partial charge on any atom is 0.349 e. The Kier molecular flexibility index (Phi) is 5.47. The number of thioether (sulfide) groups is 1. The Bertz CT molecular complexity index is 1080. The lowest BCUT2D eigenvalue weighted by atomic mass is 9.84. The molecule has 1 unspecified atom stereocenters. The van der Waals surface area contributed by atoms with Crippen LogP contribution in [0.4, 0.5) is 0 Å². The summed E-state index contributed by atoms with van der Waals surface area (Å²) in [7, 11) is 0. The first-order chi connectivity index (χ1) is 13.7. The Morgan fingerprint density at radius 3 is 2.86 bits per heavy atom. The van der Waals surface area contributed by atoms with Gasteiger partial charge in [-0.1, -0.05) is 48.2 Å². The number of aromatic nitrogens is 1. The predicted molar refractivity (Wildman–Crippen MR) is 113 cm³/mol. The van der Waals surface area contributed by atoms with Crippen molar-refractivity contribution in [2.45, 2.75) is 29.4 Å². The molecule has 1 aromatic heterocycles. The van der Waals surface area contributed by atoms with Crippen molar-refractivity contribution in [3.63, 3.8) is 0 Å². The average molecular weight is 407 g/mol. The van der Waals surface area contributed by atoms with Crippen LogP contribution in [0.15, 0.2) is 58.4 Å². The van der Waals surface area contributed by atoms with Crippen molar-refractivity contribution in [3.8, 4) is 6.07 Å². The molecule has 6 heteroatoms. The fourth-order valence-corrected chi connectivity index (χ4v) is 5.96. The highest BCUT2D eigenvalue weighted by Gasteiger charge is 2.31. The molecule has 1 aliphatic carbocycles. The molecule has 1 aliphatic rings. The van der Waals surface area contributed by atoms with E-state index in [2.05, 4.69) is 18.2 Å². The Hall–Kier alpha value is -2.62. The summed E-state index contributed by atoms with van der Waals surface area (Å²) in [5.74, 6) is -0.549. The minimum Gasteiger partial charge on any atom is -0.462 e. The SMILES string of the molecule is CCOC(=O)C(C#N)=C1c2ccccc2CCC1Sc1nc2ccccc2s1. The smallest absolute Gasteiger partial charge is 0.349 e. The summed E-state index contributed by atoms with van der Waals surface area (Å²) in [6, 6.07) is 18.2. The van der Waals surface area contributed by atoms with Crippen LogP contribution in [0.1, 0.15) is 24.5 Å². The fraction of sp³-hybridized carbons (Fsp3) is 0.227. The van der Waals surface area contributed by atoms with Crippen molar-refractivity contribution in [3.05, 3.63) is 65.2 Å². The molecule has 28 heavy (non-hydrogen) atoms. The zero-order valence-corrected chi connectivity index (χ0v) is 17.0. The number of fused-ring (bicyclic) bond motifs is 2. The van der Waals surface area contributed by atoms with E-state index in [0.717, 1.165) is 44.1 Å². The summed E-state index contributed by atoms with van der Waals surface area (Å²) in [4.78, 5) is 17.2. The molecule has 0 spiro atoms. The van der Waals surface area contributed by atoms with Gasteiger partial charge in [-0.15, -0.1) is 11.3 Å². The second-order valence-corrected chi connectivity index (χ2v) is 8.85. The third kappa shape index (κ3) is 3.56. The highest BCUT2D eigenvalue weighted by atomic mass is 32.2. The van der Waals surface area contributed by atoms with Crippen LogP contribution in [-0.4, -0.2) is 22.8 Å². The molecule has 0 saturated carbocycles. The van der Waals surface area contributed by atoms with Crippen molar-refractivity contribution in [2.24, 2.45) is 0 Å². The van der Waals surface area contributed by atoms with Gasteiger partial charge < -0.3 is 4.74 Å². The van der Waals surface area contributed by atoms with Crippen molar-refractivity contribution >= 4 is 44.9 Å². The number of para-hydroxylation sites is 1. The average Bonchev–Trinajstić information content (AvgIpc) is 3.12. The lowest BCUT2D eigenvalue weighted by Gasteiger charge is -2.27. The molecule has 0 saturated heterocycles. The van der Waals surface area contributed by atoms with Crippen molar-refractivity contribution in [1.82, 2.24) is 4.98 Å². The first-order valence-corrected chi connectivity index (χ1v) is 10.8. The maximum absolute atomic E-state index is 12.5. The summed E-state index contributed by atoms with van der Waals surface area (Å²) >= 11 is 3.27. The normalized spacial score (nSPS) is 17.6. The number of ether oxygens (including phenoxy) is 1. The molecule has 140 valence electrons. The summed E-state index contributed by atoms with van der Waals surface area (Å²) in [6.45, 7) is 1.99. The number of hydrogen-bond acceptors (Lipinski definition) is 6. The quantitative estimate of drug-likeness (QED) is 0.337. The monoisotopic (exact) mass is 406 g/mol. The van der Waals surface area contributed by atoms with Crippen LogP contribution in [-0.2, 0) is 16.0 Å². The van der Waals surface area contributed by atoms with Gasteiger partial charge in [0.1, 0.15) is 11.6 Å². The maximum atomic E-state index is 12.5. The largest absolute Gasteiger partial charge is 0.462 e. The lowest BCUT2D eigenvalue weighted by molar-refractivity contribution is -0.137. The molecule has 2 aromatic carbocycles. The number of nitrogens with zero attached hydrogens (tertiary/aromatic N) is 2. The zero-order valence-electron chi connectivity index (χ0n) is 15.3. The van der Waals surface area contributed by atoms with Gasteiger partial charge in [-0.05, 0) is 48.6 Å². The van der Waals surface area contributed by atoms with E-state index in [1.54, 1.807) is 30.0 Å². The van der Waals surface area contributed by atoms with Crippen molar-refractivity contribution < 1.29 is 9.53 Å². The molecule has 0 N–H and O–H groups in total. The standard InChI is InChI=1S/C22H18N2O2S2/c1-2-26-21(25)16(13-23)20-15-8-4-3-7-14(15)11-12-19(20)28-22-24-17-9-5-6-10-18(17)27-22/h3-10,19H,2,11-12H2,1H3. The first kappa shape index (κ1) is 18.7. The van der Waals surface area contributed by atoms with Gasteiger partial charge in [-0.3, -0.25) is 0 Å². The van der Waals surface area contributed by atoms with Crippen LogP contribution in [0.5, 0.6) is 0 Å². The van der Waals surface area contributed by atoms with Gasteiger partial charge >= 0.3 is 5.97 Å². The number of rotatable bonds is 4. The van der Waals surface area contributed by atoms with E-state index in [1.165, 1.54) is 0 Å². The van der Waals surface area contributed by atoms with Gasteiger partial charge in [0.15, 0.2) is 4.34 Å². The first-order valence-electron chi connectivity index (χ1n) is 9.13. The van der Waals surface area contributed by atoms with Crippen molar-refractivity contribution in [1.29, 1.82) is 5.26 Å². The lowest BCUT2D eigenvalue weighted by Crippen LogP contribution is -2.20. The molecular weight excluding hydrogens is 388 g/mol. The van der Waals surface area contributed by atoms with E-state index in [9.17, 15) is 10.1 Å². The summed E-state index contributed by atoms with van der Waals surface area (Å²) < 4.78 is 7.25. The molecule has 0 bridgehead atoms. The number of nitriles is 1. The molecule has 0 aliphatic heterocycles. The van der Waals surface area contributed by atoms with Gasteiger partial charge in [0, 0.05) is 5.25 Å². The van der Waals surface area contributed by atoms with Gasteiger partial charge in [0.2, 0.25) is 0 Å². The third-order valence-electron chi connectivity index (χ3n) is 4.68. The third-order valence-corrected chi connectivity index (χ3v) is 7.10. The molecule has 1 heterocycles. The van der Waals surface area contributed by atoms with E-state index in [0.29, 0.717) is 0 Å². The van der Waals surface area contributed by atoms with Gasteiger partial charge in [0.25, 0.3) is 0 Å². The highest BCUT2D eigenvalue weighted by Crippen LogP contribution is 2.44. The second-order valence-electron chi connectivity index (χ2n) is 6.37. The van der Waals surface area contributed by atoms with Gasteiger partial charge in [0.05, 0.1) is 16.8 Å². The number of carbonyl (C=O) groups excluding carboxylic acids is 1. The van der Waals surface area contributed by atoms with E-state index in [1.807, 2.05) is 36.4 Å². The molecular formula is C22H18N2O2S2. The topological polar surface area (TPSA) is 63.0 Å². The van der Waals surface area contributed by atoms with Crippen LogP contribution in [0, 0.1) is 11.3 Å². The fourth-order valence-electron chi connectivity index (χ4n) is 3.46. The molecule has 0 fully saturated rings. The van der Waals surface area contributed by atoms with Crippen LogP contribution >= 0.6 is 23.1 Å². The molecule has 0 radical (unpaired) electrons. The summed E-state index contributed by atoms with van der Waals surface area (Å²) in [5.41, 5.74) is 3.98.